The van der Waals surface area contributed by atoms with Crippen molar-refractivity contribution < 1.29 is 23.8 Å². The number of para-hydroxylation sites is 1. The molecule has 0 unspecified atom stereocenters. The van der Waals surface area contributed by atoms with Crippen molar-refractivity contribution in [2.24, 2.45) is 0 Å². The van der Waals surface area contributed by atoms with E-state index in [1.807, 2.05) is 13.0 Å². The highest BCUT2D eigenvalue weighted by Crippen LogP contribution is 2.30. The monoisotopic (exact) mass is 394 g/mol. The van der Waals surface area contributed by atoms with E-state index in [1.165, 1.54) is 12.1 Å². The Morgan fingerprint density at radius 1 is 1.10 bits per heavy atom. The fraction of sp³-hybridized carbons (Fsp3) is 0.158. The van der Waals surface area contributed by atoms with Crippen LogP contribution in [0.1, 0.15) is 33.5 Å². The van der Waals surface area contributed by atoms with E-state index >= 15 is 0 Å². The minimum absolute atomic E-state index is 0.0226. The number of amides is 2. The summed E-state index contributed by atoms with van der Waals surface area (Å²) in [4.78, 5) is 40.6. The molecule has 0 atom stereocenters. The van der Waals surface area contributed by atoms with Gasteiger partial charge in [0, 0.05) is 12.1 Å². The second-order valence-electron chi connectivity index (χ2n) is 6.12. The molecular weight excluding hydrogens is 380 g/mol. The van der Waals surface area contributed by atoms with Crippen molar-refractivity contribution in [1.29, 1.82) is 0 Å². The summed E-state index contributed by atoms with van der Waals surface area (Å²) in [5.41, 5.74) is 0.425. The summed E-state index contributed by atoms with van der Waals surface area (Å²) in [6.07, 6.45) is 0. The van der Waals surface area contributed by atoms with Crippen LogP contribution in [-0.2, 0) is 6.54 Å². The molecule has 0 saturated heterocycles. The summed E-state index contributed by atoms with van der Waals surface area (Å²) in [7, 11) is 0. The van der Waals surface area contributed by atoms with Gasteiger partial charge >= 0.3 is 0 Å². The molecule has 0 radical (unpaired) electrons. The molecule has 2 amide bonds. The molecule has 1 aromatic heterocycles. The van der Waals surface area contributed by atoms with Gasteiger partial charge in [-0.05, 0) is 25.1 Å². The molecule has 10 nitrogen and oxygen atoms in total. The number of rotatable bonds is 6. The third-order valence-electron chi connectivity index (χ3n) is 4.35. The summed E-state index contributed by atoms with van der Waals surface area (Å²) in [6, 6.07) is 10.7. The van der Waals surface area contributed by atoms with Gasteiger partial charge in [0.15, 0.2) is 0 Å². The number of benzene rings is 2. The van der Waals surface area contributed by atoms with Crippen molar-refractivity contribution in [3.63, 3.8) is 0 Å². The number of fused-ring (bicyclic) bond motifs is 1. The van der Waals surface area contributed by atoms with Crippen LogP contribution in [0.2, 0.25) is 0 Å². The molecule has 1 aliphatic heterocycles. The molecule has 1 aliphatic rings. The van der Waals surface area contributed by atoms with E-state index in [-0.39, 0.29) is 35.1 Å². The Kier molecular flexibility index (Phi) is 4.51. The first kappa shape index (κ1) is 18.3. The molecule has 2 aromatic carbocycles. The zero-order chi connectivity index (χ0) is 20.5. The highest BCUT2D eigenvalue weighted by molar-refractivity contribution is 6.21. The summed E-state index contributed by atoms with van der Waals surface area (Å²) in [6.45, 7) is 2.07. The number of aromatic nitrogens is 2. The van der Waals surface area contributed by atoms with Crippen LogP contribution in [0.3, 0.4) is 0 Å². The predicted molar refractivity (Wildman–Crippen MR) is 98.2 cm³/mol. The van der Waals surface area contributed by atoms with Gasteiger partial charge < -0.3 is 9.26 Å². The summed E-state index contributed by atoms with van der Waals surface area (Å²) >= 11 is 0. The van der Waals surface area contributed by atoms with Crippen molar-refractivity contribution in [1.82, 2.24) is 15.0 Å². The molecule has 4 rings (SSSR count). The first-order chi connectivity index (χ1) is 14.0. The van der Waals surface area contributed by atoms with E-state index in [0.29, 0.717) is 17.9 Å². The molecule has 3 aromatic rings. The lowest BCUT2D eigenvalue weighted by atomic mass is 10.1. The number of ether oxygens (including phenoxy) is 1. The van der Waals surface area contributed by atoms with Crippen molar-refractivity contribution in [3.8, 4) is 17.1 Å². The summed E-state index contributed by atoms with van der Waals surface area (Å²) < 4.78 is 10.7. The van der Waals surface area contributed by atoms with E-state index in [2.05, 4.69) is 10.1 Å². The van der Waals surface area contributed by atoms with Crippen LogP contribution in [0.25, 0.3) is 11.4 Å². The molecular formula is C19H14N4O6. The van der Waals surface area contributed by atoms with E-state index < -0.39 is 16.7 Å². The molecule has 0 bridgehead atoms. The zero-order valence-electron chi connectivity index (χ0n) is 15.2. The summed E-state index contributed by atoms with van der Waals surface area (Å²) in [5, 5.41) is 14.8. The number of carbonyl (C=O) groups is 2. The zero-order valence-corrected chi connectivity index (χ0v) is 15.2. The quantitative estimate of drug-likeness (QED) is 0.354. The smallest absolute Gasteiger partial charge is 0.270 e. The number of carbonyl (C=O) groups excluding carboxylic acids is 2. The number of hydrogen-bond donors (Lipinski definition) is 0. The highest BCUT2D eigenvalue weighted by atomic mass is 16.6. The summed E-state index contributed by atoms with van der Waals surface area (Å²) in [5.74, 6) is -0.334. The first-order valence-electron chi connectivity index (χ1n) is 8.69. The molecule has 0 fully saturated rings. The van der Waals surface area contributed by atoms with Crippen molar-refractivity contribution in [2.45, 2.75) is 13.5 Å². The maximum atomic E-state index is 12.6. The Labute approximate surface area is 163 Å². The topological polar surface area (TPSA) is 129 Å². The normalized spacial score (nSPS) is 12.9. The van der Waals surface area contributed by atoms with E-state index in [1.54, 1.807) is 18.2 Å². The highest BCUT2D eigenvalue weighted by Gasteiger charge is 2.37. The van der Waals surface area contributed by atoms with Gasteiger partial charge in [-0.1, -0.05) is 17.3 Å². The second-order valence-corrected chi connectivity index (χ2v) is 6.12. The standard InChI is InChI=1S/C19H14N4O6/c1-2-28-15-6-4-3-5-13(15)17-20-16(29-21-17)10-22-18(24)12-8-7-11(23(26)27)9-14(12)19(22)25/h3-9H,2,10H2,1H3. The molecule has 10 heteroatoms. The van der Waals surface area contributed by atoms with E-state index in [4.69, 9.17) is 9.26 Å². The van der Waals surface area contributed by atoms with Crippen LogP contribution in [0.4, 0.5) is 5.69 Å². The Hall–Kier alpha value is -4.08. The molecule has 0 N–H and O–H groups in total. The minimum Gasteiger partial charge on any atom is -0.493 e. The van der Waals surface area contributed by atoms with Gasteiger partial charge in [-0.15, -0.1) is 0 Å². The molecule has 2 heterocycles. The van der Waals surface area contributed by atoms with Gasteiger partial charge in [-0.2, -0.15) is 4.98 Å². The number of nitro benzene ring substituents is 1. The Morgan fingerprint density at radius 2 is 1.86 bits per heavy atom. The van der Waals surface area contributed by atoms with Gasteiger partial charge in [0.1, 0.15) is 12.3 Å². The van der Waals surface area contributed by atoms with Crippen LogP contribution < -0.4 is 4.74 Å². The van der Waals surface area contributed by atoms with Crippen molar-refractivity contribution in [3.05, 3.63) is 69.6 Å². The van der Waals surface area contributed by atoms with E-state index in [0.717, 1.165) is 11.0 Å². The van der Waals surface area contributed by atoms with Crippen molar-refractivity contribution in [2.75, 3.05) is 6.61 Å². The Bertz CT molecular complexity index is 1140. The fourth-order valence-corrected chi connectivity index (χ4v) is 3.03. The van der Waals surface area contributed by atoms with Gasteiger partial charge in [0.25, 0.3) is 17.5 Å². The van der Waals surface area contributed by atoms with Crippen LogP contribution in [0.15, 0.2) is 47.0 Å². The largest absolute Gasteiger partial charge is 0.493 e. The Balaban J connectivity index is 1.59. The van der Waals surface area contributed by atoms with Crippen LogP contribution in [0, 0.1) is 10.1 Å². The lowest BCUT2D eigenvalue weighted by Crippen LogP contribution is -2.29. The first-order valence-corrected chi connectivity index (χ1v) is 8.69. The molecule has 0 spiro atoms. The third kappa shape index (κ3) is 3.20. The van der Waals surface area contributed by atoms with Gasteiger partial charge in [-0.3, -0.25) is 24.6 Å². The molecule has 0 saturated carbocycles. The number of non-ortho nitro benzene ring substituents is 1. The fourth-order valence-electron chi connectivity index (χ4n) is 3.03. The number of nitro groups is 1. The molecule has 29 heavy (non-hydrogen) atoms. The van der Waals surface area contributed by atoms with Gasteiger partial charge in [-0.25, -0.2) is 0 Å². The molecule has 146 valence electrons. The van der Waals surface area contributed by atoms with Gasteiger partial charge in [0.05, 0.1) is 28.2 Å². The minimum atomic E-state index is -0.650. The lowest BCUT2D eigenvalue weighted by molar-refractivity contribution is -0.384. The Morgan fingerprint density at radius 3 is 2.62 bits per heavy atom. The number of imide groups is 1. The second kappa shape index (κ2) is 7.15. The van der Waals surface area contributed by atoms with Crippen LogP contribution >= 0.6 is 0 Å². The lowest BCUT2D eigenvalue weighted by Gasteiger charge is -2.10. The predicted octanol–water partition coefficient (Wildman–Crippen LogP) is 2.84. The maximum absolute atomic E-state index is 12.6. The van der Waals surface area contributed by atoms with Crippen molar-refractivity contribution >= 4 is 17.5 Å². The third-order valence-corrected chi connectivity index (χ3v) is 4.35. The SMILES string of the molecule is CCOc1ccccc1-c1noc(CN2C(=O)c3ccc([N+](=O)[O-])cc3C2=O)n1. The average molecular weight is 394 g/mol. The van der Waals surface area contributed by atoms with Crippen LogP contribution in [0.5, 0.6) is 5.75 Å². The van der Waals surface area contributed by atoms with Gasteiger partial charge in [0.2, 0.25) is 11.7 Å². The molecule has 0 aliphatic carbocycles. The van der Waals surface area contributed by atoms with Crippen LogP contribution in [-0.4, -0.2) is 38.4 Å². The van der Waals surface area contributed by atoms with E-state index in [9.17, 15) is 19.7 Å². The number of hydrogen-bond acceptors (Lipinski definition) is 8. The average Bonchev–Trinajstić information content (AvgIpc) is 3.27. The number of nitrogens with zero attached hydrogens (tertiary/aromatic N) is 4. The maximum Gasteiger partial charge on any atom is 0.270 e.